The summed E-state index contributed by atoms with van der Waals surface area (Å²) >= 11 is 0. The highest BCUT2D eigenvalue weighted by Crippen LogP contribution is 2.15. The number of nitrogens with one attached hydrogen (secondary N) is 1. The molecule has 0 heterocycles. The molecule has 0 aliphatic carbocycles. The predicted molar refractivity (Wildman–Crippen MR) is 97.0 cm³/mol. The Hall–Kier alpha value is -1.22. The lowest BCUT2D eigenvalue weighted by Gasteiger charge is -2.21. The standard InChI is InChI=1S/C19H34N2O/c1-4-7-14-21(15-8-5-2)16-9-17-22-19-12-10-18(11-13-19)20-6-3/h10-13,20H,4-9,14-17H2,1-3H3. The molecule has 0 saturated carbocycles. The maximum Gasteiger partial charge on any atom is 0.119 e. The van der Waals surface area contributed by atoms with Gasteiger partial charge in [0, 0.05) is 18.8 Å². The summed E-state index contributed by atoms with van der Waals surface area (Å²) in [6.45, 7) is 12.0. The molecule has 0 aliphatic heterocycles. The molecule has 0 radical (unpaired) electrons. The van der Waals surface area contributed by atoms with Crippen LogP contribution >= 0.6 is 0 Å². The molecule has 22 heavy (non-hydrogen) atoms. The molecule has 0 fully saturated rings. The van der Waals surface area contributed by atoms with E-state index in [0.717, 1.165) is 37.6 Å². The Kier molecular flexibility index (Phi) is 10.6. The van der Waals surface area contributed by atoms with Crippen molar-refractivity contribution < 1.29 is 4.74 Å². The predicted octanol–water partition coefficient (Wildman–Crippen LogP) is 4.79. The van der Waals surface area contributed by atoms with E-state index >= 15 is 0 Å². The number of hydrogen-bond donors (Lipinski definition) is 1. The van der Waals surface area contributed by atoms with Gasteiger partial charge >= 0.3 is 0 Å². The van der Waals surface area contributed by atoms with E-state index in [1.807, 2.05) is 12.1 Å². The van der Waals surface area contributed by atoms with Crippen LogP contribution in [0, 0.1) is 0 Å². The molecule has 1 aromatic rings. The largest absolute Gasteiger partial charge is 0.494 e. The zero-order valence-electron chi connectivity index (χ0n) is 14.7. The van der Waals surface area contributed by atoms with E-state index in [1.165, 1.54) is 38.8 Å². The Bertz CT molecular complexity index is 356. The fraction of sp³-hybridized carbons (Fsp3) is 0.684. The third-order valence-electron chi connectivity index (χ3n) is 3.78. The highest BCUT2D eigenvalue weighted by Gasteiger charge is 2.04. The molecule has 126 valence electrons. The Labute approximate surface area is 137 Å². The number of ether oxygens (including phenoxy) is 1. The summed E-state index contributed by atoms with van der Waals surface area (Å²) in [5.41, 5.74) is 1.15. The fourth-order valence-corrected chi connectivity index (χ4v) is 2.45. The second-order valence-electron chi connectivity index (χ2n) is 5.81. The lowest BCUT2D eigenvalue weighted by atomic mass is 10.2. The summed E-state index contributed by atoms with van der Waals surface area (Å²) < 4.78 is 5.84. The quantitative estimate of drug-likeness (QED) is 0.530. The Balaban J connectivity index is 2.23. The second kappa shape index (κ2) is 12.3. The van der Waals surface area contributed by atoms with Gasteiger partial charge in [0.1, 0.15) is 5.75 Å². The average Bonchev–Trinajstić information content (AvgIpc) is 2.55. The van der Waals surface area contributed by atoms with Crippen molar-refractivity contribution in [2.45, 2.75) is 52.9 Å². The van der Waals surface area contributed by atoms with E-state index in [4.69, 9.17) is 4.74 Å². The van der Waals surface area contributed by atoms with Gasteiger partial charge in [-0.1, -0.05) is 26.7 Å². The van der Waals surface area contributed by atoms with Crippen molar-refractivity contribution in [3.8, 4) is 5.75 Å². The third kappa shape index (κ3) is 8.28. The van der Waals surface area contributed by atoms with Gasteiger partial charge in [-0.3, -0.25) is 0 Å². The van der Waals surface area contributed by atoms with Crippen molar-refractivity contribution in [2.75, 3.05) is 38.1 Å². The van der Waals surface area contributed by atoms with Gasteiger partial charge in [0.25, 0.3) is 0 Å². The molecule has 0 bridgehead atoms. The van der Waals surface area contributed by atoms with Crippen molar-refractivity contribution in [3.05, 3.63) is 24.3 Å². The van der Waals surface area contributed by atoms with E-state index in [-0.39, 0.29) is 0 Å². The van der Waals surface area contributed by atoms with E-state index in [1.54, 1.807) is 0 Å². The number of rotatable bonds is 13. The van der Waals surface area contributed by atoms with Gasteiger partial charge in [-0.15, -0.1) is 0 Å². The maximum atomic E-state index is 5.84. The van der Waals surface area contributed by atoms with Gasteiger partial charge in [-0.2, -0.15) is 0 Å². The fourth-order valence-electron chi connectivity index (χ4n) is 2.45. The molecule has 0 aromatic heterocycles. The third-order valence-corrected chi connectivity index (χ3v) is 3.78. The first-order valence-electron chi connectivity index (χ1n) is 8.99. The normalized spacial score (nSPS) is 10.9. The van der Waals surface area contributed by atoms with Crippen LogP contribution in [0.2, 0.25) is 0 Å². The van der Waals surface area contributed by atoms with Gasteiger partial charge in [-0.25, -0.2) is 0 Å². The van der Waals surface area contributed by atoms with Crippen molar-refractivity contribution >= 4 is 5.69 Å². The van der Waals surface area contributed by atoms with Crippen LogP contribution in [-0.4, -0.2) is 37.7 Å². The molecular formula is C19H34N2O. The molecule has 0 aliphatic rings. The summed E-state index contributed by atoms with van der Waals surface area (Å²) in [5.74, 6) is 0.968. The molecule has 0 unspecified atom stereocenters. The van der Waals surface area contributed by atoms with Crippen molar-refractivity contribution in [2.24, 2.45) is 0 Å². The second-order valence-corrected chi connectivity index (χ2v) is 5.81. The molecular weight excluding hydrogens is 272 g/mol. The molecule has 0 saturated heterocycles. The SMILES string of the molecule is CCCCN(CCCC)CCCOc1ccc(NCC)cc1. The number of anilines is 1. The Morgan fingerprint density at radius 1 is 0.864 bits per heavy atom. The zero-order valence-corrected chi connectivity index (χ0v) is 14.7. The van der Waals surface area contributed by atoms with Crippen LogP contribution in [0.25, 0.3) is 0 Å². The molecule has 3 nitrogen and oxygen atoms in total. The molecule has 3 heteroatoms. The van der Waals surface area contributed by atoms with Gasteiger partial charge in [0.05, 0.1) is 6.61 Å². The van der Waals surface area contributed by atoms with Crippen LogP contribution in [0.5, 0.6) is 5.75 Å². The number of benzene rings is 1. The van der Waals surface area contributed by atoms with Gasteiger partial charge in [-0.05, 0) is 63.5 Å². The van der Waals surface area contributed by atoms with E-state index in [0.29, 0.717) is 0 Å². The smallest absolute Gasteiger partial charge is 0.119 e. The molecule has 0 atom stereocenters. The lowest BCUT2D eigenvalue weighted by molar-refractivity contribution is 0.229. The minimum absolute atomic E-state index is 0.801. The minimum atomic E-state index is 0.801. The van der Waals surface area contributed by atoms with Crippen molar-refractivity contribution in [1.29, 1.82) is 0 Å². The highest BCUT2D eigenvalue weighted by atomic mass is 16.5. The van der Waals surface area contributed by atoms with Gasteiger partial charge in [0.15, 0.2) is 0 Å². The van der Waals surface area contributed by atoms with Crippen LogP contribution in [0.15, 0.2) is 24.3 Å². The monoisotopic (exact) mass is 306 g/mol. The van der Waals surface area contributed by atoms with Crippen molar-refractivity contribution in [1.82, 2.24) is 4.90 Å². The minimum Gasteiger partial charge on any atom is -0.494 e. The topological polar surface area (TPSA) is 24.5 Å². The molecule has 0 spiro atoms. The van der Waals surface area contributed by atoms with E-state index in [2.05, 4.69) is 43.1 Å². The summed E-state index contributed by atoms with van der Waals surface area (Å²) in [6.07, 6.45) is 6.25. The van der Waals surface area contributed by atoms with Crippen LogP contribution in [0.4, 0.5) is 5.69 Å². The van der Waals surface area contributed by atoms with Crippen LogP contribution < -0.4 is 10.1 Å². The lowest BCUT2D eigenvalue weighted by Crippen LogP contribution is -2.28. The van der Waals surface area contributed by atoms with Crippen molar-refractivity contribution in [3.63, 3.8) is 0 Å². The van der Waals surface area contributed by atoms with E-state index < -0.39 is 0 Å². The van der Waals surface area contributed by atoms with Crippen LogP contribution in [0.3, 0.4) is 0 Å². The average molecular weight is 306 g/mol. The summed E-state index contributed by atoms with van der Waals surface area (Å²) in [5, 5.41) is 3.29. The molecule has 1 N–H and O–H groups in total. The number of unbranched alkanes of at least 4 members (excludes halogenated alkanes) is 2. The Morgan fingerprint density at radius 3 is 2.00 bits per heavy atom. The summed E-state index contributed by atoms with van der Waals surface area (Å²) in [4.78, 5) is 2.59. The zero-order chi connectivity index (χ0) is 16.0. The molecule has 1 rings (SSSR count). The first-order valence-corrected chi connectivity index (χ1v) is 8.99. The van der Waals surface area contributed by atoms with Crippen LogP contribution in [-0.2, 0) is 0 Å². The summed E-state index contributed by atoms with van der Waals surface area (Å²) in [6, 6.07) is 8.25. The summed E-state index contributed by atoms with van der Waals surface area (Å²) in [7, 11) is 0. The van der Waals surface area contributed by atoms with Gasteiger partial charge < -0.3 is 15.0 Å². The van der Waals surface area contributed by atoms with Crippen LogP contribution in [0.1, 0.15) is 52.9 Å². The van der Waals surface area contributed by atoms with E-state index in [9.17, 15) is 0 Å². The first kappa shape index (κ1) is 18.8. The highest BCUT2D eigenvalue weighted by molar-refractivity contribution is 5.46. The molecule has 1 aromatic carbocycles. The first-order chi connectivity index (χ1) is 10.8. The number of nitrogens with zero attached hydrogens (tertiary/aromatic N) is 1. The number of hydrogen-bond acceptors (Lipinski definition) is 3. The van der Waals surface area contributed by atoms with Gasteiger partial charge in [0.2, 0.25) is 0 Å². The molecule has 0 amide bonds. The maximum absolute atomic E-state index is 5.84. The Morgan fingerprint density at radius 2 is 1.45 bits per heavy atom.